The fourth-order valence-electron chi connectivity index (χ4n) is 4.38. The van der Waals surface area contributed by atoms with Gasteiger partial charge in [-0.2, -0.15) is 0 Å². The number of ether oxygens (including phenoxy) is 2. The van der Waals surface area contributed by atoms with Crippen LogP contribution in [0.3, 0.4) is 0 Å². The van der Waals surface area contributed by atoms with Crippen LogP contribution in [-0.2, 0) is 9.47 Å². The number of carbonyl (C=O) groups excluding carboxylic acids is 1. The molecule has 132 valence electrons. The Morgan fingerprint density at radius 1 is 1.33 bits per heavy atom. The SMILES string of the molecule is O=C(NC[C@]12COC[C@H]1CN(CC1CCOCC1)C2)c1ccco1. The van der Waals surface area contributed by atoms with Crippen LogP contribution in [-0.4, -0.2) is 63.4 Å². The highest BCUT2D eigenvalue weighted by Crippen LogP contribution is 2.41. The fourth-order valence-corrected chi connectivity index (χ4v) is 4.38. The number of furan rings is 1. The van der Waals surface area contributed by atoms with Crippen molar-refractivity contribution in [1.29, 1.82) is 0 Å². The van der Waals surface area contributed by atoms with E-state index in [9.17, 15) is 4.79 Å². The molecule has 1 aromatic rings. The zero-order chi connectivity index (χ0) is 16.4. The molecule has 1 N–H and O–H groups in total. The second-order valence-corrected chi connectivity index (χ2v) is 7.48. The molecule has 1 amide bonds. The highest BCUT2D eigenvalue weighted by atomic mass is 16.5. The second-order valence-electron chi connectivity index (χ2n) is 7.48. The van der Waals surface area contributed by atoms with E-state index in [1.54, 1.807) is 12.1 Å². The third-order valence-corrected chi connectivity index (χ3v) is 5.79. The van der Waals surface area contributed by atoms with Crippen molar-refractivity contribution in [1.82, 2.24) is 10.2 Å². The summed E-state index contributed by atoms with van der Waals surface area (Å²) in [6, 6.07) is 3.43. The quantitative estimate of drug-likeness (QED) is 0.881. The number of rotatable bonds is 5. The maximum absolute atomic E-state index is 12.2. The lowest BCUT2D eigenvalue weighted by molar-refractivity contribution is 0.0502. The number of amides is 1. The van der Waals surface area contributed by atoms with E-state index in [0.717, 1.165) is 52.0 Å². The lowest BCUT2D eigenvalue weighted by atomic mass is 9.81. The Balaban J connectivity index is 1.35. The van der Waals surface area contributed by atoms with Crippen LogP contribution in [0.4, 0.5) is 0 Å². The molecule has 3 aliphatic heterocycles. The normalized spacial score (nSPS) is 31.2. The highest BCUT2D eigenvalue weighted by Gasteiger charge is 2.50. The summed E-state index contributed by atoms with van der Waals surface area (Å²) >= 11 is 0. The predicted molar refractivity (Wildman–Crippen MR) is 87.8 cm³/mol. The second kappa shape index (κ2) is 6.86. The molecule has 0 unspecified atom stereocenters. The Hall–Kier alpha value is -1.37. The third-order valence-electron chi connectivity index (χ3n) is 5.79. The van der Waals surface area contributed by atoms with Gasteiger partial charge in [-0.3, -0.25) is 4.79 Å². The summed E-state index contributed by atoms with van der Waals surface area (Å²) in [6.07, 6.45) is 3.86. The van der Waals surface area contributed by atoms with Gasteiger partial charge in [0, 0.05) is 50.7 Å². The Kier molecular flexibility index (Phi) is 4.61. The average Bonchev–Trinajstić information content (AvgIpc) is 3.29. The first-order chi connectivity index (χ1) is 11.8. The molecule has 6 heteroatoms. The van der Waals surface area contributed by atoms with Crippen LogP contribution in [0.1, 0.15) is 23.4 Å². The van der Waals surface area contributed by atoms with Gasteiger partial charge in [0.1, 0.15) is 0 Å². The lowest BCUT2D eigenvalue weighted by Gasteiger charge is -2.30. The molecule has 3 aliphatic rings. The summed E-state index contributed by atoms with van der Waals surface area (Å²) in [5, 5.41) is 3.05. The van der Waals surface area contributed by atoms with Gasteiger partial charge < -0.3 is 24.1 Å². The van der Waals surface area contributed by atoms with Crippen molar-refractivity contribution in [3.8, 4) is 0 Å². The smallest absolute Gasteiger partial charge is 0.286 e. The zero-order valence-corrected chi connectivity index (χ0v) is 14.0. The van der Waals surface area contributed by atoms with Gasteiger partial charge in [-0.25, -0.2) is 0 Å². The molecular weight excluding hydrogens is 308 g/mol. The summed E-state index contributed by atoms with van der Waals surface area (Å²) in [4.78, 5) is 14.7. The Labute approximate surface area is 142 Å². The van der Waals surface area contributed by atoms with E-state index < -0.39 is 0 Å². The standard InChI is InChI=1S/C18H26N2O4/c21-17(16-2-1-5-24-16)19-11-18-12-20(9-15(18)10-23-13-18)8-14-3-6-22-7-4-14/h1-2,5,14-15H,3-4,6-13H2,(H,19,21)/t15-,18+/m1/s1. The van der Waals surface area contributed by atoms with E-state index in [1.165, 1.54) is 19.1 Å². The summed E-state index contributed by atoms with van der Waals surface area (Å²) < 4.78 is 16.4. The van der Waals surface area contributed by atoms with Gasteiger partial charge in [-0.15, -0.1) is 0 Å². The first-order valence-corrected chi connectivity index (χ1v) is 8.95. The molecule has 0 aliphatic carbocycles. The highest BCUT2D eigenvalue weighted by molar-refractivity contribution is 5.91. The summed E-state index contributed by atoms with van der Waals surface area (Å²) in [7, 11) is 0. The number of nitrogens with one attached hydrogen (secondary N) is 1. The summed E-state index contributed by atoms with van der Waals surface area (Å²) in [6.45, 7) is 7.22. The van der Waals surface area contributed by atoms with Gasteiger partial charge in [0.2, 0.25) is 0 Å². The van der Waals surface area contributed by atoms with Crippen molar-refractivity contribution in [2.24, 2.45) is 17.3 Å². The molecule has 0 spiro atoms. The minimum absolute atomic E-state index is 0.0490. The molecule has 3 saturated heterocycles. The molecule has 6 nitrogen and oxygen atoms in total. The van der Waals surface area contributed by atoms with Crippen molar-refractivity contribution in [2.45, 2.75) is 12.8 Å². The van der Waals surface area contributed by atoms with Crippen LogP contribution in [0, 0.1) is 17.3 Å². The van der Waals surface area contributed by atoms with Crippen LogP contribution >= 0.6 is 0 Å². The largest absolute Gasteiger partial charge is 0.459 e. The van der Waals surface area contributed by atoms with Crippen LogP contribution in [0.5, 0.6) is 0 Å². The zero-order valence-electron chi connectivity index (χ0n) is 14.0. The summed E-state index contributed by atoms with van der Waals surface area (Å²) in [5.41, 5.74) is 0.0490. The van der Waals surface area contributed by atoms with Crippen molar-refractivity contribution in [2.75, 3.05) is 52.6 Å². The average molecular weight is 334 g/mol. The molecule has 0 aromatic carbocycles. The number of fused-ring (bicyclic) bond motifs is 1. The van der Waals surface area contributed by atoms with Gasteiger partial charge in [0.05, 0.1) is 19.5 Å². The number of hydrogen-bond acceptors (Lipinski definition) is 5. The van der Waals surface area contributed by atoms with Crippen molar-refractivity contribution < 1.29 is 18.7 Å². The van der Waals surface area contributed by atoms with Gasteiger partial charge in [0.25, 0.3) is 5.91 Å². The van der Waals surface area contributed by atoms with Crippen LogP contribution in [0.25, 0.3) is 0 Å². The molecular formula is C18H26N2O4. The van der Waals surface area contributed by atoms with Crippen molar-refractivity contribution >= 4 is 5.91 Å². The van der Waals surface area contributed by atoms with Crippen LogP contribution in [0.15, 0.2) is 22.8 Å². The minimum Gasteiger partial charge on any atom is -0.459 e. The van der Waals surface area contributed by atoms with E-state index in [1.807, 2.05) is 0 Å². The van der Waals surface area contributed by atoms with E-state index in [2.05, 4.69) is 10.2 Å². The Morgan fingerprint density at radius 2 is 2.21 bits per heavy atom. The van der Waals surface area contributed by atoms with E-state index in [4.69, 9.17) is 13.9 Å². The Bertz CT molecular complexity index is 555. The number of hydrogen-bond donors (Lipinski definition) is 1. The van der Waals surface area contributed by atoms with E-state index in [-0.39, 0.29) is 11.3 Å². The predicted octanol–water partition coefficient (Wildman–Crippen LogP) is 1.38. The summed E-state index contributed by atoms with van der Waals surface area (Å²) in [5.74, 6) is 1.49. The monoisotopic (exact) mass is 334 g/mol. The minimum atomic E-state index is -0.136. The fraction of sp³-hybridized carbons (Fsp3) is 0.722. The maximum Gasteiger partial charge on any atom is 0.286 e. The van der Waals surface area contributed by atoms with Crippen LogP contribution < -0.4 is 5.32 Å². The van der Waals surface area contributed by atoms with E-state index in [0.29, 0.717) is 18.2 Å². The topological polar surface area (TPSA) is 63.9 Å². The molecule has 2 atom stereocenters. The maximum atomic E-state index is 12.2. The van der Waals surface area contributed by atoms with E-state index >= 15 is 0 Å². The first kappa shape index (κ1) is 16.1. The van der Waals surface area contributed by atoms with Gasteiger partial charge in [0.15, 0.2) is 5.76 Å². The number of likely N-dealkylation sites (tertiary alicyclic amines) is 1. The van der Waals surface area contributed by atoms with Gasteiger partial charge >= 0.3 is 0 Å². The first-order valence-electron chi connectivity index (χ1n) is 8.95. The molecule has 4 rings (SSSR count). The molecule has 0 saturated carbocycles. The third kappa shape index (κ3) is 3.23. The molecule has 4 heterocycles. The van der Waals surface area contributed by atoms with Crippen LogP contribution in [0.2, 0.25) is 0 Å². The molecule has 0 bridgehead atoms. The molecule has 1 aromatic heterocycles. The molecule has 3 fully saturated rings. The lowest BCUT2D eigenvalue weighted by Crippen LogP contribution is -2.43. The Morgan fingerprint density at radius 3 is 3.00 bits per heavy atom. The van der Waals surface area contributed by atoms with Gasteiger partial charge in [-0.1, -0.05) is 0 Å². The van der Waals surface area contributed by atoms with Gasteiger partial charge in [-0.05, 0) is 30.9 Å². The number of nitrogens with zero attached hydrogens (tertiary/aromatic N) is 1. The van der Waals surface area contributed by atoms with Crippen molar-refractivity contribution in [3.63, 3.8) is 0 Å². The molecule has 24 heavy (non-hydrogen) atoms. The number of carbonyl (C=O) groups is 1. The van der Waals surface area contributed by atoms with Crippen molar-refractivity contribution in [3.05, 3.63) is 24.2 Å². The molecule has 0 radical (unpaired) electrons.